The third-order valence-corrected chi connectivity index (χ3v) is 4.14. The molecule has 0 radical (unpaired) electrons. The highest BCUT2D eigenvalue weighted by atomic mass is 32.2. The fourth-order valence-electron chi connectivity index (χ4n) is 1.66. The summed E-state index contributed by atoms with van der Waals surface area (Å²) in [6.07, 6.45) is 1.12. The number of rotatable bonds is 4. The molecule has 0 saturated carbocycles. The van der Waals surface area contributed by atoms with E-state index in [0.717, 1.165) is 11.8 Å². The van der Waals surface area contributed by atoms with E-state index in [0.29, 0.717) is 11.3 Å². The van der Waals surface area contributed by atoms with Gasteiger partial charge >= 0.3 is 0 Å². The molecular formula is C15H15NO4S. The summed E-state index contributed by atoms with van der Waals surface area (Å²) in [6, 6.07) is 10.9. The zero-order valence-corrected chi connectivity index (χ0v) is 12.5. The SMILES string of the molecule is COc1ccc(/C=N/S(=O)(=O)c2ccc(C)cc2)c(O)c1. The fourth-order valence-corrected chi connectivity index (χ4v) is 2.51. The van der Waals surface area contributed by atoms with Crippen LogP contribution in [-0.4, -0.2) is 26.8 Å². The van der Waals surface area contributed by atoms with Crippen molar-refractivity contribution in [3.63, 3.8) is 0 Å². The normalized spacial score (nSPS) is 11.7. The molecule has 6 heteroatoms. The number of nitrogens with zero attached hydrogens (tertiary/aromatic N) is 1. The van der Waals surface area contributed by atoms with Gasteiger partial charge in [0, 0.05) is 11.6 Å². The molecule has 2 aromatic carbocycles. The first-order valence-electron chi connectivity index (χ1n) is 6.16. The molecule has 0 aliphatic rings. The van der Waals surface area contributed by atoms with E-state index in [1.165, 1.54) is 31.4 Å². The van der Waals surface area contributed by atoms with Crippen molar-refractivity contribution in [2.75, 3.05) is 7.11 Å². The summed E-state index contributed by atoms with van der Waals surface area (Å²) < 4.78 is 32.6. The minimum atomic E-state index is -3.78. The summed E-state index contributed by atoms with van der Waals surface area (Å²) in [4.78, 5) is 0.109. The number of hydrogen-bond donors (Lipinski definition) is 1. The lowest BCUT2D eigenvalue weighted by Crippen LogP contribution is -1.98. The van der Waals surface area contributed by atoms with Crippen molar-refractivity contribution in [3.05, 3.63) is 53.6 Å². The van der Waals surface area contributed by atoms with E-state index in [2.05, 4.69) is 4.40 Å². The van der Waals surface area contributed by atoms with Gasteiger partial charge in [0.2, 0.25) is 0 Å². The van der Waals surface area contributed by atoms with Crippen LogP contribution in [0.5, 0.6) is 11.5 Å². The highest BCUT2D eigenvalue weighted by Gasteiger charge is 2.11. The lowest BCUT2D eigenvalue weighted by atomic mass is 10.2. The monoisotopic (exact) mass is 305 g/mol. The molecule has 0 unspecified atom stereocenters. The van der Waals surface area contributed by atoms with Crippen LogP contribution in [0.15, 0.2) is 51.8 Å². The Hall–Kier alpha value is -2.34. The highest BCUT2D eigenvalue weighted by Crippen LogP contribution is 2.22. The Balaban J connectivity index is 2.29. The molecule has 0 spiro atoms. The second-order valence-electron chi connectivity index (χ2n) is 4.45. The molecule has 0 saturated heterocycles. The molecule has 0 aromatic heterocycles. The van der Waals surface area contributed by atoms with Gasteiger partial charge in [-0.2, -0.15) is 12.8 Å². The van der Waals surface area contributed by atoms with Crippen LogP contribution >= 0.6 is 0 Å². The van der Waals surface area contributed by atoms with Crippen LogP contribution in [0.3, 0.4) is 0 Å². The van der Waals surface area contributed by atoms with Crippen molar-refractivity contribution in [2.24, 2.45) is 4.40 Å². The predicted molar refractivity (Wildman–Crippen MR) is 80.6 cm³/mol. The van der Waals surface area contributed by atoms with Crippen LogP contribution < -0.4 is 4.74 Å². The van der Waals surface area contributed by atoms with Crippen LogP contribution in [0.25, 0.3) is 0 Å². The van der Waals surface area contributed by atoms with Crippen molar-refractivity contribution in [1.82, 2.24) is 0 Å². The van der Waals surface area contributed by atoms with Gasteiger partial charge in [-0.05, 0) is 31.2 Å². The molecule has 0 fully saturated rings. The summed E-state index contributed by atoms with van der Waals surface area (Å²) in [5, 5.41) is 9.76. The number of phenolic OH excluding ortho intramolecular Hbond substituents is 1. The molecule has 1 N–H and O–H groups in total. The number of ether oxygens (including phenoxy) is 1. The Morgan fingerprint density at radius 3 is 2.38 bits per heavy atom. The molecule has 5 nitrogen and oxygen atoms in total. The first-order valence-corrected chi connectivity index (χ1v) is 7.60. The van der Waals surface area contributed by atoms with Crippen molar-refractivity contribution < 1.29 is 18.3 Å². The largest absolute Gasteiger partial charge is 0.507 e. The number of hydrogen-bond acceptors (Lipinski definition) is 4. The lowest BCUT2D eigenvalue weighted by molar-refractivity contribution is 0.407. The van der Waals surface area contributed by atoms with Crippen LogP contribution in [0.2, 0.25) is 0 Å². The number of aromatic hydroxyl groups is 1. The van der Waals surface area contributed by atoms with Gasteiger partial charge in [-0.1, -0.05) is 17.7 Å². The van der Waals surface area contributed by atoms with Crippen molar-refractivity contribution in [2.45, 2.75) is 11.8 Å². The zero-order chi connectivity index (χ0) is 15.5. The molecule has 0 aliphatic heterocycles. The van der Waals surface area contributed by atoms with E-state index in [-0.39, 0.29) is 10.6 Å². The third-order valence-electron chi connectivity index (χ3n) is 2.89. The Bertz CT molecular complexity index is 765. The van der Waals surface area contributed by atoms with Gasteiger partial charge in [-0.3, -0.25) is 0 Å². The van der Waals surface area contributed by atoms with Crippen LogP contribution in [-0.2, 0) is 10.0 Å². The Kier molecular flexibility index (Phi) is 4.28. The van der Waals surface area contributed by atoms with Gasteiger partial charge in [-0.25, -0.2) is 0 Å². The number of aryl methyl sites for hydroxylation is 1. The minimum absolute atomic E-state index is 0.0998. The molecule has 0 atom stereocenters. The minimum Gasteiger partial charge on any atom is -0.507 e. The van der Waals surface area contributed by atoms with Crippen molar-refractivity contribution >= 4 is 16.2 Å². The van der Waals surface area contributed by atoms with E-state index < -0.39 is 10.0 Å². The maximum atomic E-state index is 12.0. The molecule has 2 aromatic rings. The second kappa shape index (κ2) is 5.97. The Labute approximate surface area is 123 Å². The van der Waals surface area contributed by atoms with E-state index >= 15 is 0 Å². The molecule has 0 bridgehead atoms. The van der Waals surface area contributed by atoms with Crippen LogP contribution in [0.4, 0.5) is 0 Å². The molecule has 0 aliphatic carbocycles. The maximum Gasteiger partial charge on any atom is 0.282 e. The number of phenols is 1. The smallest absolute Gasteiger partial charge is 0.282 e. The van der Waals surface area contributed by atoms with Gasteiger partial charge in [0.25, 0.3) is 10.0 Å². The molecule has 0 heterocycles. The summed E-state index contributed by atoms with van der Waals surface area (Å²) in [5.41, 5.74) is 1.26. The molecule has 110 valence electrons. The van der Waals surface area contributed by atoms with Gasteiger partial charge in [0.15, 0.2) is 0 Å². The summed E-state index contributed by atoms with van der Waals surface area (Å²) in [6.45, 7) is 1.87. The quantitative estimate of drug-likeness (QED) is 0.881. The Morgan fingerprint density at radius 2 is 1.81 bits per heavy atom. The highest BCUT2D eigenvalue weighted by molar-refractivity contribution is 7.90. The third kappa shape index (κ3) is 3.61. The summed E-state index contributed by atoms with van der Waals surface area (Å²) in [7, 11) is -2.30. The van der Waals surface area contributed by atoms with Crippen LogP contribution in [0.1, 0.15) is 11.1 Å². The zero-order valence-electron chi connectivity index (χ0n) is 11.6. The molecule has 2 rings (SSSR count). The molecular weight excluding hydrogens is 290 g/mol. The first-order chi connectivity index (χ1) is 9.92. The number of sulfonamides is 1. The van der Waals surface area contributed by atoms with Crippen molar-refractivity contribution in [1.29, 1.82) is 0 Å². The van der Waals surface area contributed by atoms with Crippen LogP contribution in [0, 0.1) is 6.92 Å². The summed E-state index contributed by atoms with van der Waals surface area (Å²) >= 11 is 0. The summed E-state index contributed by atoms with van der Waals surface area (Å²) in [5.74, 6) is 0.378. The average Bonchev–Trinajstić information content (AvgIpc) is 2.46. The van der Waals surface area contributed by atoms with Gasteiger partial charge in [0.05, 0.1) is 18.2 Å². The maximum absolute atomic E-state index is 12.0. The first kappa shape index (κ1) is 15.1. The molecule has 0 amide bonds. The van der Waals surface area contributed by atoms with Gasteiger partial charge < -0.3 is 9.84 Å². The van der Waals surface area contributed by atoms with E-state index in [1.54, 1.807) is 18.2 Å². The molecule has 21 heavy (non-hydrogen) atoms. The number of methoxy groups -OCH3 is 1. The Morgan fingerprint density at radius 1 is 1.14 bits per heavy atom. The van der Waals surface area contributed by atoms with Crippen molar-refractivity contribution in [3.8, 4) is 11.5 Å². The lowest BCUT2D eigenvalue weighted by Gasteiger charge is -2.03. The topological polar surface area (TPSA) is 76.0 Å². The average molecular weight is 305 g/mol. The van der Waals surface area contributed by atoms with E-state index in [9.17, 15) is 13.5 Å². The van der Waals surface area contributed by atoms with E-state index in [4.69, 9.17) is 4.74 Å². The predicted octanol–water partition coefficient (Wildman–Crippen LogP) is 2.52. The van der Waals surface area contributed by atoms with Gasteiger partial charge in [0.1, 0.15) is 11.5 Å². The fraction of sp³-hybridized carbons (Fsp3) is 0.133. The number of benzene rings is 2. The van der Waals surface area contributed by atoms with Gasteiger partial charge in [-0.15, -0.1) is 0 Å². The standard InChI is InChI=1S/C15H15NO4S/c1-11-3-7-14(8-4-11)21(18,19)16-10-12-5-6-13(20-2)9-15(12)17/h3-10,17H,1-2H3/b16-10+. The second-order valence-corrected chi connectivity index (χ2v) is 6.08. The van der Waals surface area contributed by atoms with E-state index in [1.807, 2.05) is 6.92 Å².